The molecule has 0 aromatic rings. The fourth-order valence-corrected chi connectivity index (χ4v) is 0. The molecule has 0 aliphatic carbocycles. The van der Waals surface area contributed by atoms with Crippen molar-refractivity contribution in [1.82, 2.24) is 0 Å². The van der Waals surface area contributed by atoms with E-state index in [0.29, 0.717) is 0 Å². The van der Waals surface area contributed by atoms with Crippen LogP contribution in [-0.4, -0.2) is 185 Å². The van der Waals surface area contributed by atoms with Gasteiger partial charge in [-0.3, -0.25) is 0 Å². The molecule has 0 saturated heterocycles. The smallest absolute Gasteiger partial charge is 0.152 e. The minimum absolute atomic E-state index is 0. The van der Waals surface area contributed by atoms with Crippen molar-refractivity contribution in [1.29, 1.82) is 0 Å². The van der Waals surface area contributed by atoms with Crippen LogP contribution in [0.5, 0.6) is 0 Å². The van der Waals surface area contributed by atoms with Crippen molar-refractivity contribution < 1.29 is 51.3 Å². The monoisotopic (exact) mass is 592 g/mol. The summed E-state index contributed by atoms with van der Waals surface area (Å²) in [5, 5.41) is 47.3. The first-order chi connectivity index (χ1) is 8.49. The van der Waals surface area contributed by atoms with Gasteiger partial charge in [-0.15, -0.1) is 29.4 Å². The average molecular weight is 592 g/mol. The van der Waals surface area contributed by atoms with Crippen LogP contribution in [0, 0.1) is 29.4 Å². The molecule has 0 spiro atoms. The maximum Gasteiger partial charge on any atom is 0.152 e. The molecule has 0 saturated carbocycles. The van der Waals surface area contributed by atoms with E-state index in [1.54, 1.807) is 0 Å². The van der Waals surface area contributed by atoms with E-state index in [0.717, 1.165) is 0 Å². The van der Waals surface area contributed by atoms with Gasteiger partial charge in [0.25, 0.3) is 0 Å². The average Bonchev–Trinajstić information content (AvgIpc) is 2.23. The van der Waals surface area contributed by atoms with Crippen LogP contribution in [-0.2, 0) is 20.1 Å². The molecule has 4 radical (unpaired) electrons. The predicted octanol–water partition coefficient (Wildman–Crippen LogP) is -0.293. The van der Waals surface area contributed by atoms with E-state index < -0.39 is 0 Å². The van der Waals surface area contributed by atoms with Crippen LogP contribution in [0.3, 0.4) is 0 Å². The summed E-state index contributed by atoms with van der Waals surface area (Å²) in [6, 6.07) is 0. The fraction of sp³-hybridized carbons (Fsp3) is 0. The van der Waals surface area contributed by atoms with Crippen LogP contribution in [0.2, 0.25) is 0 Å². The third-order valence-electron chi connectivity index (χ3n) is 0. The Hall–Kier alpha value is 1.96. The maximum absolute atomic E-state index is 8.11. The van der Waals surface area contributed by atoms with Crippen molar-refractivity contribution in [2.75, 3.05) is 0 Å². The van der Waals surface area contributed by atoms with Crippen molar-refractivity contribution >= 4 is 154 Å². The summed E-state index contributed by atoms with van der Waals surface area (Å²) >= 11 is 0. The first-order valence-electron chi connectivity index (χ1n) is 2.30. The Kier molecular flexibility index (Phi) is 515. The van der Waals surface area contributed by atoms with E-state index in [9.17, 15) is 0 Å². The molecule has 0 heterocycles. The zero-order valence-electron chi connectivity index (χ0n) is 11.1. The van der Waals surface area contributed by atoms with Gasteiger partial charge in [-0.2, -0.15) is 0 Å². The number of nitrogens with zero attached hydrogens (tertiary/aromatic N) is 6. The summed E-state index contributed by atoms with van der Waals surface area (Å²) in [5.41, 5.74) is 0. The molecule has 22 heteroatoms. The molecule has 18 nitrogen and oxygen atoms in total. The molecule has 0 aromatic heterocycles. The van der Waals surface area contributed by atoms with Gasteiger partial charge in [0.1, 0.15) is 0 Å². The number of rotatable bonds is 0. The van der Waals surface area contributed by atoms with Crippen molar-refractivity contribution in [2.24, 2.45) is 32.0 Å². The van der Waals surface area contributed by atoms with Gasteiger partial charge in [0.05, 0.1) is 0 Å². The molecule has 6 N–H and O–H groups in total. The first kappa shape index (κ1) is 64.8. The minimum Gasteiger partial charge on any atom is -0.379 e. The molecule has 0 atom stereocenters. The quantitative estimate of drug-likeness (QED) is 0.120. The number of hydrogen-bond donors (Lipinski definition) is 6. The van der Waals surface area contributed by atoms with E-state index in [2.05, 4.69) is 0 Å². The topological polar surface area (TPSA) is 298 Å². The van der Waals surface area contributed by atoms with Crippen molar-refractivity contribution in [2.45, 2.75) is 0 Å². The van der Waals surface area contributed by atoms with Crippen LogP contribution in [0.25, 0.3) is 0 Å². The molecule has 0 amide bonds. The van der Waals surface area contributed by atoms with Crippen LogP contribution < -0.4 is 0 Å². The second-order valence-corrected chi connectivity index (χ2v) is 0.490. The number of hydrogen-bond acceptors (Lipinski definition) is 12. The van der Waals surface area contributed by atoms with E-state index >= 15 is 0 Å². The third-order valence-corrected chi connectivity index (χ3v) is 0. The van der Waals surface area contributed by atoms with Crippen LogP contribution in [0.4, 0.5) is 0 Å². The Balaban J connectivity index is -0.00000000947. The SMILES string of the molecule is O=NO.O=NO.O=NO.O=NO.O=NO.O=NO.[Ir].[K].[K].[K]. The molecule has 0 aliphatic heterocycles. The van der Waals surface area contributed by atoms with E-state index in [-0.39, 0.29) is 174 Å². The van der Waals surface area contributed by atoms with Gasteiger partial charge in [-0.05, 0) is 0 Å². The van der Waals surface area contributed by atoms with Gasteiger partial charge in [-0.25, -0.2) is 0 Å². The summed E-state index contributed by atoms with van der Waals surface area (Å²) < 4.78 is 0. The van der Waals surface area contributed by atoms with Crippen LogP contribution in [0.1, 0.15) is 0 Å². The van der Waals surface area contributed by atoms with E-state index in [1.165, 1.54) is 32.0 Å². The molecule has 22 heavy (non-hydrogen) atoms. The zero-order valence-corrected chi connectivity index (χ0v) is 22.9. The summed E-state index contributed by atoms with van der Waals surface area (Å²) in [4.78, 5) is 48.7. The Morgan fingerprint density at radius 1 is 0.364 bits per heavy atom. The second kappa shape index (κ2) is 175. The predicted molar refractivity (Wildman–Crippen MR) is 62.8 cm³/mol. The third kappa shape index (κ3) is 2510. The molecule has 0 fully saturated rings. The molecule has 0 aliphatic rings. The van der Waals surface area contributed by atoms with E-state index in [1.807, 2.05) is 0 Å². The summed E-state index contributed by atoms with van der Waals surface area (Å²) in [6.07, 6.45) is 0. The molecule has 0 rings (SSSR count). The fourth-order valence-electron chi connectivity index (χ4n) is 0. The minimum atomic E-state index is 0. The van der Waals surface area contributed by atoms with Crippen molar-refractivity contribution in [3.8, 4) is 0 Å². The Bertz CT molecular complexity index is 126. The molecule has 0 unspecified atom stereocenters. The molecular formula is H6IrK3N6O12. The molecule has 0 bridgehead atoms. The zero-order chi connectivity index (χ0) is 16.2. The molecule has 0 aromatic carbocycles. The van der Waals surface area contributed by atoms with Crippen LogP contribution in [0.15, 0.2) is 32.0 Å². The van der Waals surface area contributed by atoms with Gasteiger partial charge in [0, 0.05) is 174 Å². The van der Waals surface area contributed by atoms with Crippen molar-refractivity contribution in [3.63, 3.8) is 0 Å². The van der Waals surface area contributed by atoms with E-state index in [4.69, 9.17) is 60.7 Å². The van der Waals surface area contributed by atoms with Gasteiger partial charge < -0.3 is 31.2 Å². The van der Waals surface area contributed by atoms with Crippen LogP contribution >= 0.6 is 0 Å². The normalized spacial score (nSPS) is 3.27. The van der Waals surface area contributed by atoms with Gasteiger partial charge in [0.2, 0.25) is 0 Å². The maximum atomic E-state index is 8.11. The molecule has 120 valence electrons. The van der Waals surface area contributed by atoms with Gasteiger partial charge in [-0.1, -0.05) is 0 Å². The molecular weight excluding hydrogens is 586 g/mol. The first-order valence-corrected chi connectivity index (χ1v) is 2.30. The largest absolute Gasteiger partial charge is 0.379 e. The summed E-state index contributed by atoms with van der Waals surface area (Å²) in [6.45, 7) is 0. The summed E-state index contributed by atoms with van der Waals surface area (Å²) in [5.74, 6) is 0. The Labute approximate surface area is 260 Å². The Morgan fingerprint density at radius 2 is 0.364 bits per heavy atom. The summed E-state index contributed by atoms with van der Waals surface area (Å²) in [7, 11) is 0. The van der Waals surface area contributed by atoms with Crippen molar-refractivity contribution in [3.05, 3.63) is 29.4 Å². The Morgan fingerprint density at radius 3 is 0.364 bits per heavy atom. The van der Waals surface area contributed by atoms with Gasteiger partial charge >= 0.3 is 0 Å². The van der Waals surface area contributed by atoms with Gasteiger partial charge in [0.15, 0.2) is 32.0 Å². The standard InChI is InChI=1S/Ir.3K.6HNO2/c;;;;6*2-1-3/h;;;;6*(H,2,3). The second-order valence-electron chi connectivity index (χ2n) is 0.490.